The molecule has 1 atom stereocenters. The van der Waals surface area contributed by atoms with Crippen LogP contribution in [0.25, 0.3) is 0 Å². The Kier molecular flexibility index (Phi) is 4.37. The highest BCUT2D eigenvalue weighted by molar-refractivity contribution is 5.23. The first-order valence-corrected chi connectivity index (χ1v) is 7.80. The molecule has 0 heterocycles. The maximum atomic E-state index is 10.3. The van der Waals surface area contributed by atoms with Crippen LogP contribution in [0.15, 0.2) is 60.7 Å². The third-order valence-corrected chi connectivity index (χ3v) is 4.45. The molecule has 2 aromatic rings. The highest BCUT2D eigenvalue weighted by Gasteiger charge is 2.34. The van der Waals surface area contributed by atoms with Gasteiger partial charge in [-0.15, -0.1) is 0 Å². The zero-order valence-corrected chi connectivity index (χ0v) is 12.3. The lowest BCUT2D eigenvalue weighted by Gasteiger charge is -2.38. The molecule has 1 aliphatic rings. The van der Waals surface area contributed by atoms with Crippen molar-refractivity contribution < 1.29 is 5.11 Å². The molecular formula is C19H23NO. The summed E-state index contributed by atoms with van der Waals surface area (Å²) in [5, 5.41) is 13.9. The van der Waals surface area contributed by atoms with Gasteiger partial charge in [0.25, 0.3) is 0 Å². The number of hydrogen-bond acceptors (Lipinski definition) is 2. The fourth-order valence-corrected chi connectivity index (χ4v) is 2.92. The monoisotopic (exact) mass is 281 g/mol. The molecule has 2 N–H and O–H groups in total. The number of nitrogens with one attached hydrogen (secondary N) is 1. The van der Waals surface area contributed by atoms with Crippen molar-refractivity contribution in [2.45, 2.75) is 37.3 Å². The maximum absolute atomic E-state index is 10.3. The second-order valence-corrected chi connectivity index (χ2v) is 6.11. The summed E-state index contributed by atoms with van der Waals surface area (Å²) in [5.41, 5.74) is 2.12. The van der Waals surface area contributed by atoms with Crippen molar-refractivity contribution >= 4 is 0 Å². The molecule has 2 heteroatoms. The predicted molar refractivity (Wildman–Crippen MR) is 86.1 cm³/mol. The predicted octanol–water partition coefficient (Wildman–Crippen LogP) is 3.48. The minimum atomic E-state index is -0.482. The Morgan fingerprint density at radius 1 is 0.952 bits per heavy atom. The zero-order valence-electron chi connectivity index (χ0n) is 12.3. The van der Waals surface area contributed by atoms with Crippen LogP contribution >= 0.6 is 0 Å². The number of rotatable bonds is 6. The second-order valence-electron chi connectivity index (χ2n) is 6.11. The molecule has 1 unspecified atom stereocenters. The van der Waals surface area contributed by atoms with Gasteiger partial charge < -0.3 is 10.4 Å². The molecule has 0 bridgehead atoms. The van der Waals surface area contributed by atoms with Gasteiger partial charge in [0.05, 0.1) is 5.60 Å². The van der Waals surface area contributed by atoms with Gasteiger partial charge in [-0.25, -0.2) is 0 Å². The summed E-state index contributed by atoms with van der Waals surface area (Å²) in [7, 11) is 0. The molecule has 0 amide bonds. The van der Waals surface area contributed by atoms with Crippen LogP contribution in [0.3, 0.4) is 0 Å². The van der Waals surface area contributed by atoms with Crippen molar-refractivity contribution in [3.63, 3.8) is 0 Å². The molecule has 0 radical (unpaired) electrons. The van der Waals surface area contributed by atoms with Crippen molar-refractivity contribution in [1.82, 2.24) is 5.32 Å². The van der Waals surface area contributed by atoms with E-state index in [1.807, 2.05) is 12.1 Å². The Morgan fingerprint density at radius 3 is 2.14 bits per heavy atom. The molecule has 0 spiro atoms. The van der Waals surface area contributed by atoms with Gasteiger partial charge in [0.1, 0.15) is 0 Å². The Labute approximate surface area is 126 Å². The first kappa shape index (κ1) is 14.3. The average Bonchev–Trinajstić information content (AvgIpc) is 2.51. The van der Waals surface area contributed by atoms with E-state index in [1.165, 1.54) is 11.1 Å². The quantitative estimate of drug-likeness (QED) is 0.849. The Balaban J connectivity index is 1.71. The van der Waals surface area contributed by atoms with E-state index in [0.29, 0.717) is 6.54 Å². The summed E-state index contributed by atoms with van der Waals surface area (Å²) in [5.74, 6) is 0. The molecule has 0 aliphatic heterocycles. The van der Waals surface area contributed by atoms with Crippen LogP contribution < -0.4 is 5.32 Å². The average molecular weight is 281 g/mol. The van der Waals surface area contributed by atoms with Crippen molar-refractivity contribution in [3.8, 4) is 0 Å². The molecule has 1 fully saturated rings. The van der Waals surface area contributed by atoms with Crippen LogP contribution in [0.2, 0.25) is 0 Å². The first-order chi connectivity index (χ1) is 10.3. The van der Waals surface area contributed by atoms with E-state index in [-0.39, 0.29) is 6.04 Å². The van der Waals surface area contributed by atoms with E-state index in [1.54, 1.807) is 0 Å². The topological polar surface area (TPSA) is 32.3 Å². The SMILES string of the molecule is OC1(CNC(Cc2ccccc2)c2ccccc2)CCC1. The van der Waals surface area contributed by atoms with Gasteiger partial charge in [-0.1, -0.05) is 60.7 Å². The first-order valence-electron chi connectivity index (χ1n) is 7.80. The fourth-order valence-electron chi connectivity index (χ4n) is 2.92. The molecule has 21 heavy (non-hydrogen) atoms. The van der Waals surface area contributed by atoms with Gasteiger partial charge in [-0.3, -0.25) is 0 Å². The molecule has 2 aromatic carbocycles. The van der Waals surface area contributed by atoms with E-state index in [2.05, 4.69) is 53.8 Å². The Bertz CT molecular complexity index is 548. The summed E-state index contributed by atoms with van der Waals surface area (Å²) in [4.78, 5) is 0. The summed E-state index contributed by atoms with van der Waals surface area (Å²) >= 11 is 0. The van der Waals surface area contributed by atoms with E-state index in [4.69, 9.17) is 0 Å². The van der Waals surface area contributed by atoms with E-state index < -0.39 is 5.60 Å². The summed E-state index contributed by atoms with van der Waals surface area (Å²) in [6.07, 6.45) is 3.94. The van der Waals surface area contributed by atoms with E-state index >= 15 is 0 Å². The highest BCUT2D eigenvalue weighted by Crippen LogP contribution is 2.31. The summed E-state index contributed by atoms with van der Waals surface area (Å²) < 4.78 is 0. The smallest absolute Gasteiger partial charge is 0.0771 e. The lowest BCUT2D eigenvalue weighted by molar-refractivity contribution is -0.0332. The minimum Gasteiger partial charge on any atom is -0.389 e. The second kappa shape index (κ2) is 6.42. The maximum Gasteiger partial charge on any atom is 0.0771 e. The van der Waals surface area contributed by atoms with Crippen molar-refractivity contribution in [1.29, 1.82) is 0 Å². The van der Waals surface area contributed by atoms with Crippen LogP contribution in [-0.2, 0) is 6.42 Å². The van der Waals surface area contributed by atoms with Gasteiger partial charge in [-0.2, -0.15) is 0 Å². The normalized spacial score (nSPS) is 18.0. The van der Waals surface area contributed by atoms with Crippen molar-refractivity contribution in [3.05, 3.63) is 71.8 Å². The number of aliphatic hydroxyl groups is 1. The molecule has 1 aliphatic carbocycles. The van der Waals surface area contributed by atoms with Gasteiger partial charge in [0, 0.05) is 12.6 Å². The molecule has 1 saturated carbocycles. The number of hydrogen-bond donors (Lipinski definition) is 2. The van der Waals surface area contributed by atoms with E-state index in [9.17, 15) is 5.11 Å². The van der Waals surface area contributed by atoms with Crippen LogP contribution in [-0.4, -0.2) is 17.3 Å². The summed E-state index contributed by atoms with van der Waals surface area (Å²) in [6, 6.07) is 21.3. The third kappa shape index (κ3) is 3.72. The van der Waals surface area contributed by atoms with Crippen molar-refractivity contribution in [2.75, 3.05) is 6.54 Å². The molecule has 2 nitrogen and oxygen atoms in total. The van der Waals surface area contributed by atoms with Crippen LogP contribution in [0.1, 0.15) is 36.4 Å². The largest absolute Gasteiger partial charge is 0.389 e. The van der Waals surface area contributed by atoms with E-state index in [0.717, 1.165) is 25.7 Å². The van der Waals surface area contributed by atoms with Crippen LogP contribution in [0, 0.1) is 0 Å². The van der Waals surface area contributed by atoms with Gasteiger partial charge in [-0.05, 0) is 36.8 Å². The van der Waals surface area contributed by atoms with Crippen LogP contribution in [0.5, 0.6) is 0 Å². The van der Waals surface area contributed by atoms with Crippen LogP contribution in [0.4, 0.5) is 0 Å². The molecule has 3 rings (SSSR count). The Hall–Kier alpha value is -1.64. The van der Waals surface area contributed by atoms with Gasteiger partial charge >= 0.3 is 0 Å². The fraction of sp³-hybridized carbons (Fsp3) is 0.368. The van der Waals surface area contributed by atoms with Gasteiger partial charge in [0.15, 0.2) is 0 Å². The molecular weight excluding hydrogens is 258 g/mol. The molecule has 110 valence electrons. The van der Waals surface area contributed by atoms with Gasteiger partial charge in [0.2, 0.25) is 0 Å². The Morgan fingerprint density at radius 2 is 1.57 bits per heavy atom. The highest BCUT2D eigenvalue weighted by atomic mass is 16.3. The lowest BCUT2D eigenvalue weighted by atomic mass is 9.80. The number of benzene rings is 2. The lowest BCUT2D eigenvalue weighted by Crippen LogP contribution is -2.47. The molecule has 0 saturated heterocycles. The standard InChI is InChI=1S/C19H23NO/c21-19(12-7-13-19)15-20-18(17-10-5-2-6-11-17)14-16-8-3-1-4-9-16/h1-6,8-11,18,20-21H,7,12-15H2. The third-order valence-electron chi connectivity index (χ3n) is 4.45. The minimum absolute atomic E-state index is 0.248. The molecule has 0 aromatic heterocycles. The zero-order chi connectivity index (χ0) is 14.5. The van der Waals surface area contributed by atoms with Crippen molar-refractivity contribution in [2.24, 2.45) is 0 Å². The summed E-state index contributed by atoms with van der Waals surface area (Å²) in [6.45, 7) is 0.680.